The van der Waals surface area contributed by atoms with Gasteiger partial charge in [0.1, 0.15) is 0 Å². The van der Waals surface area contributed by atoms with Gasteiger partial charge in [-0.05, 0) is 32.4 Å². The lowest BCUT2D eigenvalue weighted by Gasteiger charge is -2.31. The van der Waals surface area contributed by atoms with Crippen LogP contribution in [-0.4, -0.2) is 48.8 Å². The highest BCUT2D eigenvalue weighted by Crippen LogP contribution is 2.08. The molecule has 2 atom stereocenters. The number of likely N-dealkylation sites (N-methyl/N-ethyl adjacent to an activating group) is 1. The Bertz CT molecular complexity index is 161. The van der Waals surface area contributed by atoms with Crippen molar-refractivity contribution < 1.29 is 5.11 Å². The molecule has 1 aliphatic heterocycles. The minimum atomic E-state index is -0.206. The largest absolute Gasteiger partial charge is 0.392 e. The molecule has 0 radical (unpaired) electrons. The molecule has 3 nitrogen and oxygen atoms in total. The van der Waals surface area contributed by atoms with Gasteiger partial charge in [-0.25, -0.2) is 0 Å². The zero-order valence-electron chi connectivity index (χ0n) is 9.66. The first-order chi connectivity index (χ1) is 6.59. The Hall–Kier alpha value is -0.120. The van der Waals surface area contributed by atoms with E-state index in [1.54, 1.807) is 0 Å². The molecule has 2 N–H and O–H groups in total. The molecule has 1 rings (SSSR count). The summed E-state index contributed by atoms with van der Waals surface area (Å²) in [6, 6.07) is 0.571. The lowest BCUT2D eigenvalue weighted by molar-refractivity contribution is 0.113. The van der Waals surface area contributed by atoms with Gasteiger partial charge in [0.05, 0.1) is 6.10 Å². The highest BCUT2D eigenvalue weighted by molar-refractivity contribution is 4.77. The predicted molar refractivity (Wildman–Crippen MR) is 59.4 cm³/mol. The van der Waals surface area contributed by atoms with Crippen molar-refractivity contribution in [1.29, 1.82) is 0 Å². The first kappa shape index (κ1) is 12.0. The number of nitrogens with zero attached hydrogens (tertiary/aromatic N) is 1. The van der Waals surface area contributed by atoms with Crippen molar-refractivity contribution >= 4 is 0 Å². The van der Waals surface area contributed by atoms with E-state index in [9.17, 15) is 5.11 Å². The third kappa shape index (κ3) is 3.95. The summed E-state index contributed by atoms with van der Waals surface area (Å²) in [5, 5.41) is 13.1. The second-order valence-corrected chi connectivity index (χ2v) is 4.82. The number of hydrogen-bond donors (Lipinski definition) is 2. The first-order valence-electron chi connectivity index (χ1n) is 5.69. The summed E-state index contributed by atoms with van der Waals surface area (Å²) in [7, 11) is 2.16. The van der Waals surface area contributed by atoms with Gasteiger partial charge >= 0.3 is 0 Å². The summed E-state index contributed by atoms with van der Waals surface area (Å²) >= 11 is 0. The van der Waals surface area contributed by atoms with E-state index in [4.69, 9.17) is 0 Å². The van der Waals surface area contributed by atoms with E-state index in [2.05, 4.69) is 31.1 Å². The molecule has 0 aromatic heterocycles. The minimum Gasteiger partial charge on any atom is -0.392 e. The summed E-state index contributed by atoms with van der Waals surface area (Å²) in [4.78, 5) is 2.35. The Labute approximate surface area is 87.5 Å². The fraction of sp³-hybridized carbons (Fsp3) is 1.00. The van der Waals surface area contributed by atoms with Gasteiger partial charge in [0, 0.05) is 19.1 Å². The molecule has 84 valence electrons. The molecular weight excluding hydrogens is 176 g/mol. The summed E-state index contributed by atoms with van der Waals surface area (Å²) < 4.78 is 0. The molecule has 0 aromatic rings. The van der Waals surface area contributed by atoms with E-state index in [0.717, 1.165) is 13.1 Å². The zero-order chi connectivity index (χ0) is 10.6. The molecule has 0 spiro atoms. The molecule has 1 saturated heterocycles. The van der Waals surface area contributed by atoms with Gasteiger partial charge in [-0.2, -0.15) is 0 Å². The van der Waals surface area contributed by atoms with Crippen LogP contribution in [0.4, 0.5) is 0 Å². The van der Waals surface area contributed by atoms with Crippen LogP contribution < -0.4 is 5.32 Å². The van der Waals surface area contributed by atoms with Crippen LogP contribution in [-0.2, 0) is 0 Å². The quantitative estimate of drug-likeness (QED) is 0.701. The van der Waals surface area contributed by atoms with Gasteiger partial charge in [0.15, 0.2) is 0 Å². The van der Waals surface area contributed by atoms with Crippen LogP contribution in [0.2, 0.25) is 0 Å². The molecule has 0 bridgehead atoms. The van der Waals surface area contributed by atoms with Gasteiger partial charge in [0.25, 0.3) is 0 Å². The van der Waals surface area contributed by atoms with E-state index in [1.165, 1.54) is 19.4 Å². The number of hydrogen-bond acceptors (Lipinski definition) is 3. The molecule has 3 heteroatoms. The van der Waals surface area contributed by atoms with Crippen molar-refractivity contribution in [2.45, 2.75) is 38.8 Å². The first-order valence-corrected chi connectivity index (χ1v) is 5.69. The van der Waals surface area contributed by atoms with Crippen molar-refractivity contribution in [3.05, 3.63) is 0 Å². The molecule has 0 amide bonds. The Morgan fingerprint density at radius 3 is 2.79 bits per heavy atom. The van der Waals surface area contributed by atoms with Crippen LogP contribution in [0.5, 0.6) is 0 Å². The minimum absolute atomic E-state index is 0.206. The number of aliphatic hydroxyl groups excluding tert-OH is 1. The smallest absolute Gasteiger partial charge is 0.0687 e. The third-order valence-electron chi connectivity index (χ3n) is 3.01. The maximum absolute atomic E-state index is 9.65. The molecule has 1 heterocycles. The van der Waals surface area contributed by atoms with E-state index < -0.39 is 0 Å². The highest BCUT2D eigenvalue weighted by Gasteiger charge is 2.18. The summed E-state index contributed by atoms with van der Waals surface area (Å²) in [5.41, 5.74) is 0. The van der Waals surface area contributed by atoms with Crippen LogP contribution in [0, 0.1) is 5.92 Å². The standard InChI is InChI=1S/C11H24N2O/c1-9(2)11(14)7-12-10-5-4-6-13(3)8-10/h9-12,14H,4-8H2,1-3H3. The second-order valence-electron chi connectivity index (χ2n) is 4.82. The number of rotatable bonds is 4. The van der Waals surface area contributed by atoms with E-state index in [0.29, 0.717) is 12.0 Å². The monoisotopic (exact) mass is 200 g/mol. The fourth-order valence-electron chi connectivity index (χ4n) is 1.86. The van der Waals surface area contributed by atoms with E-state index >= 15 is 0 Å². The SMILES string of the molecule is CC(C)C(O)CNC1CCCN(C)C1. The predicted octanol–water partition coefficient (Wildman–Crippen LogP) is 0.687. The van der Waals surface area contributed by atoms with Crippen LogP contribution in [0.15, 0.2) is 0 Å². The van der Waals surface area contributed by atoms with Gasteiger partial charge in [0.2, 0.25) is 0 Å². The Balaban J connectivity index is 2.17. The van der Waals surface area contributed by atoms with Gasteiger partial charge in [-0.3, -0.25) is 0 Å². The van der Waals surface area contributed by atoms with Crippen molar-refractivity contribution in [2.24, 2.45) is 5.92 Å². The Morgan fingerprint density at radius 2 is 2.21 bits per heavy atom. The number of likely N-dealkylation sites (tertiary alicyclic amines) is 1. The molecule has 0 aromatic carbocycles. The van der Waals surface area contributed by atoms with Crippen molar-refractivity contribution in [3.63, 3.8) is 0 Å². The molecule has 14 heavy (non-hydrogen) atoms. The van der Waals surface area contributed by atoms with Crippen LogP contribution in [0.1, 0.15) is 26.7 Å². The summed E-state index contributed by atoms with van der Waals surface area (Å²) in [5.74, 6) is 0.351. The molecule has 2 unspecified atom stereocenters. The third-order valence-corrected chi connectivity index (χ3v) is 3.01. The lowest BCUT2D eigenvalue weighted by Crippen LogP contribution is -2.46. The molecular formula is C11H24N2O. The van der Waals surface area contributed by atoms with Crippen molar-refractivity contribution in [3.8, 4) is 0 Å². The molecule has 1 fully saturated rings. The zero-order valence-corrected chi connectivity index (χ0v) is 9.66. The molecule has 0 aliphatic carbocycles. The van der Waals surface area contributed by atoms with Crippen LogP contribution in [0.3, 0.4) is 0 Å². The van der Waals surface area contributed by atoms with Gasteiger partial charge in [-0.15, -0.1) is 0 Å². The van der Waals surface area contributed by atoms with Crippen molar-refractivity contribution in [1.82, 2.24) is 10.2 Å². The number of aliphatic hydroxyl groups is 1. The number of piperidine rings is 1. The summed E-state index contributed by atoms with van der Waals surface area (Å²) in [6.45, 7) is 7.17. The van der Waals surface area contributed by atoms with E-state index in [-0.39, 0.29) is 6.10 Å². The average molecular weight is 200 g/mol. The normalized spacial score (nSPS) is 26.8. The Kier molecular flexibility index (Phi) is 4.85. The second kappa shape index (κ2) is 5.69. The number of nitrogens with one attached hydrogen (secondary N) is 1. The highest BCUT2D eigenvalue weighted by atomic mass is 16.3. The van der Waals surface area contributed by atoms with Crippen molar-refractivity contribution in [2.75, 3.05) is 26.7 Å². The Morgan fingerprint density at radius 1 is 1.50 bits per heavy atom. The van der Waals surface area contributed by atoms with Crippen LogP contribution >= 0.6 is 0 Å². The van der Waals surface area contributed by atoms with Gasteiger partial charge < -0.3 is 15.3 Å². The van der Waals surface area contributed by atoms with E-state index in [1.807, 2.05) is 0 Å². The maximum Gasteiger partial charge on any atom is 0.0687 e. The molecule has 0 saturated carbocycles. The lowest BCUT2D eigenvalue weighted by atomic mass is 10.0. The maximum atomic E-state index is 9.65. The fourth-order valence-corrected chi connectivity index (χ4v) is 1.86. The van der Waals surface area contributed by atoms with Gasteiger partial charge in [-0.1, -0.05) is 13.8 Å². The summed E-state index contributed by atoms with van der Waals surface area (Å²) in [6.07, 6.45) is 2.31. The van der Waals surface area contributed by atoms with Crippen LogP contribution in [0.25, 0.3) is 0 Å². The molecule has 1 aliphatic rings. The topological polar surface area (TPSA) is 35.5 Å². The average Bonchev–Trinajstić information content (AvgIpc) is 2.14.